The monoisotopic (exact) mass is 352 g/mol. The van der Waals surface area contributed by atoms with E-state index in [1.165, 1.54) is 6.92 Å². The van der Waals surface area contributed by atoms with Crippen molar-refractivity contribution in [1.29, 1.82) is 0 Å². The highest BCUT2D eigenvalue weighted by molar-refractivity contribution is 6.31. The van der Waals surface area contributed by atoms with Crippen molar-refractivity contribution in [3.8, 4) is 0 Å². The highest BCUT2D eigenvalue weighted by Crippen LogP contribution is 2.30. The molecule has 1 fully saturated rings. The molecule has 0 radical (unpaired) electrons. The van der Waals surface area contributed by atoms with E-state index in [0.29, 0.717) is 37.7 Å². The molecule has 0 bridgehead atoms. The summed E-state index contributed by atoms with van der Waals surface area (Å²) in [6, 6.07) is 7.74. The van der Waals surface area contributed by atoms with E-state index in [9.17, 15) is 9.59 Å². The van der Waals surface area contributed by atoms with E-state index in [1.807, 2.05) is 36.1 Å². The molecule has 5 nitrogen and oxygen atoms in total. The maximum Gasteiger partial charge on any atom is 0.302 e. The molecule has 2 rings (SSSR count). The van der Waals surface area contributed by atoms with Crippen molar-refractivity contribution in [2.45, 2.75) is 32.7 Å². The Hall–Kier alpha value is -1.59. The van der Waals surface area contributed by atoms with Gasteiger partial charge in [-0.05, 0) is 18.1 Å². The van der Waals surface area contributed by atoms with Crippen molar-refractivity contribution in [3.05, 3.63) is 34.9 Å². The Labute approximate surface area is 148 Å². The minimum Gasteiger partial charge on any atom is -0.465 e. The molecule has 1 atom stereocenters. The third kappa shape index (κ3) is 4.95. The minimum absolute atomic E-state index is 0.0174. The Balaban J connectivity index is 2.13. The summed E-state index contributed by atoms with van der Waals surface area (Å²) < 4.78 is 5.08. The molecule has 1 aromatic rings. The molecule has 0 N–H and O–H groups in total. The summed E-state index contributed by atoms with van der Waals surface area (Å²) in [7, 11) is 0. The number of ether oxygens (including phenoxy) is 1. The molecule has 6 heteroatoms. The van der Waals surface area contributed by atoms with Crippen LogP contribution in [0, 0.1) is 0 Å². The van der Waals surface area contributed by atoms with Crippen LogP contribution in [0.15, 0.2) is 24.3 Å². The number of carbonyl (C=O) groups is 2. The SMILES string of the molecule is CCCC(=O)N1CCN(CCOC(C)=O)C(c2ccccc2Cl)C1. The first-order valence-electron chi connectivity index (χ1n) is 8.42. The lowest BCUT2D eigenvalue weighted by Gasteiger charge is -2.42. The molecule has 0 saturated carbocycles. The fourth-order valence-electron chi connectivity index (χ4n) is 3.03. The summed E-state index contributed by atoms with van der Waals surface area (Å²) in [5, 5.41) is 0.699. The van der Waals surface area contributed by atoms with Crippen LogP contribution in [0.4, 0.5) is 0 Å². The smallest absolute Gasteiger partial charge is 0.302 e. The van der Waals surface area contributed by atoms with Crippen LogP contribution in [-0.2, 0) is 14.3 Å². The molecule has 132 valence electrons. The zero-order valence-electron chi connectivity index (χ0n) is 14.3. The van der Waals surface area contributed by atoms with E-state index in [2.05, 4.69) is 4.90 Å². The van der Waals surface area contributed by atoms with Crippen LogP contribution < -0.4 is 0 Å². The van der Waals surface area contributed by atoms with E-state index >= 15 is 0 Å². The molecule has 0 aliphatic carbocycles. The molecule has 1 aliphatic heterocycles. The molecular formula is C18H25ClN2O3. The second-order valence-electron chi connectivity index (χ2n) is 6.00. The number of nitrogens with zero attached hydrogens (tertiary/aromatic N) is 2. The molecule has 1 aromatic carbocycles. The van der Waals surface area contributed by atoms with E-state index < -0.39 is 0 Å². The lowest BCUT2D eigenvalue weighted by atomic mass is 10.0. The van der Waals surface area contributed by atoms with Gasteiger partial charge in [0.05, 0.1) is 6.04 Å². The van der Waals surface area contributed by atoms with Crippen molar-refractivity contribution in [1.82, 2.24) is 9.80 Å². The van der Waals surface area contributed by atoms with Gasteiger partial charge in [-0.1, -0.05) is 36.7 Å². The molecular weight excluding hydrogens is 328 g/mol. The Bertz CT molecular complexity index is 579. The maximum absolute atomic E-state index is 12.3. The average molecular weight is 353 g/mol. The summed E-state index contributed by atoms with van der Waals surface area (Å²) in [5.74, 6) is -0.0877. The van der Waals surface area contributed by atoms with Crippen molar-refractivity contribution in [2.24, 2.45) is 0 Å². The normalized spacial score (nSPS) is 18.5. The van der Waals surface area contributed by atoms with Crippen LogP contribution in [0.2, 0.25) is 5.02 Å². The number of piperazine rings is 1. The van der Waals surface area contributed by atoms with Crippen LogP contribution in [-0.4, -0.2) is 54.5 Å². The van der Waals surface area contributed by atoms with Gasteiger partial charge in [0.25, 0.3) is 0 Å². The largest absolute Gasteiger partial charge is 0.465 e. The quantitative estimate of drug-likeness (QED) is 0.739. The molecule has 0 aromatic heterocycles. The van der Waals surface area contributed by atoms with E-state index in [-0.39, 0.29) is 17.9 Å². The number of benzene rings is 1. The van der Waals surface area contributed by atoms with Gasteiger partial charge in [0.1, 0.15) is 6.61 Å². The molecule has 0 spiro atoms. The van der Waals surface area contributed by atoms with E-state index in [4.69, 9.17) is 16.3 Å². The molecule has 1 heterocycles. The topological polar surface area (TPSA) is 49.9 Å². The van der Waals surface area contributed by atoms with Crippen molar-refractivity contribution >= 4 is 23.5 Å². The van der Waals surface area contributed by atoms with Crippen LogP contribution in [0.25, 0.3) is 0 Å². The lowest BCUT2D eigenvalue weighted by molar-refractivity contribution is -0.141. The maximum atomic E-state index is 12.3. The van der Waals surface area contributed by atoms with Gasteiger partial charge >= 0.3 is 5.97 Å². The van der Waals surface area contributed by atoms with Gasteiger partial charge in [-0.3, -0.25) is 14.5 Å². The highest BCUT2D eigenvalue weighted by atomic mass is 35.5. The summed E-state index contributed by atoms with van der Waals surface area (Å²) in [6.45, 7) is 6.45. The van der Waals surface area contributed by atoms with E-state index in [0.717, 1.165) is 18.5 Å². The Morgan fingerprint density at radius 2 is 2.04 bits per heavy atom. The fraction of sp³-hybridized carbons (Fsp3) is 0.556. The predicted molar refractivity (Wildman–Crippen MR) is 93.9 cm³/mol. The summed E-state index contributed by atoms with van der Waals surface area (Å²) in [6.07, 6.45) is 1.42. The molecule has 1 amide bonds. The van der Waals surface area contributed by atoms with Crippen LogP contribution in [0.3, 0.4) is 0 Å². The van der Waals surface area contributed by atoms with Gasteiger partial charge in [-0.25, -0.2) is 0 Å². The number of esters is 1. The minimum atomic E-state index is -0.277. The third-order valence-corrected chi connectivity index (χ3v) is 4.60. The third-order valence-electron chi connectivity index (χ3n) is 4.26. The number of halogens is 1. The predicted octanol–water partition coefficient (Wildman–Crippen LogP) is 2.89. The Morgan fingerprint density at radius 1 is 1.29 bits per heavy atom. The fourth-order valence-corrected chi connectivity index (χ4v) is 3.30. The summed E-state index contributed by atoms with van der Waals surface area (Å²) in [4.78, 5) is 27.4. The second kappa shape index (κ2) is 9.04. The standard InChI is InChI=1S/C18H25ClN2O3/c1-3-6-18(23)21-10-9-20(11-12-24-14(2)22)17(13-21)15-7-4-5-8-16(15)19/h4-5,7-8,17H,3,6,9-13H2,1-2H3. The van der Waals surface area contributed by atoms with Gasteiger partial charge in [0.2, 0.25) is 5.91 Å². The molecule has 24 heavy (non-hydrogen) atoms. The van der Waals surface area contributed by atoms with E-state index in [1.54, 1.807) is 0 Å². The summed E-state index contributed by atoms with van der Waals surface area (Å²) >= 11 is 6.38. The first-order chi connectivity index (χ1) is 11.5. The number of rotatable bonds is 6. The number of carbonyl (C=O) groups excluding carboxylic acids is 2. The second-order valence-corrected chi connectivity index (χ2v) is 6.41. The number of hydrogen-bond donors (Lipinski definition) is 0. The van der Waals surface area contributed by atoms with Crippen LogP contribution in [0.5, 0.6) is 0 Å². The Kier molecular flexibility index (Phi) is 7.06. The molecule has 1 saturated heterocycles. The molecule has 1 aliphatic rings. The van der Waals surface area contributed by atoms with Crippen LogP contribution >= 0.6 is 11.6 Å². The first kappa shape index (κ1) is 18.7. The number of amides is 1. The van der Waals surface area contributed by atoms with Crippen molar-refractivity contribution in [2.75, 3.05) is 32.8 Å². The first-order valence-corrected chi connectivity index (χ1v) is 8.80. The van der Waals surface area contributed by atoms with Gasteiger partial charge < -0.3 is 9.64 Å². The van der Waals surface area contributed by atoms with Gasteiger partial charge in [-0.2, -0.15) is 0 Å². The number of hydrogen-bond acceptors (Lipinski definition) is 4. The van der Waals surface area contributed by atoms with Gasteiger partial charge in [0.15, 0.2) is 0 Å². The Morgan fingerprint density at radius 3 is 2.71 bits per heavy atom. The van der Waals surface area contributed by atoms with Crippen LogP contribution in [0.1, 0.15) is 38.3 Å². The van der Waals surface area contributed by atoms with Gasteiger partial charge in [-0.15, -0.1) is 0 Å². The zero-order chi connectivity index (χ0) is 17.5. The van der Waals surface area contributed by atoms with Crippen molar-refractivity contribution < 1.29 is 14.3 Å². The summed E-state index contributed by atoms with van der Waals surface area (Å²) in [5.41, 5.74) is 1.01. The van der Waals surface area contributed by atoms with Gasteiger partial charge in [0, 0.05) is 44.5 Å². The average Bonchev–Trinajstić information content (AvgIpc) is 2.55. The zero-order valence-corrected chi connectivity index (χ0v) is 15.1. The van der Waals surface area contributed by atoms with Crippen molar-refractivity contribution in [3.63, 3.8) is 0 Å². The lowest BCUT2D eigenvalue weighted by Crippen LogP contribution is -2.51. The highest BCUT2D eigenvalue weighted by Gasteiger charge is 2.31. The molecule has 1 unspecified atom stereocenters.